The number of nitrogens with zero attached hydrogens (tertiary/aromatic N) is 1. The summed E-state index contributed by atoms with van der Waals surface area (Å²) in [6.07, 6.45) is 4.94. The molecule has 1 aliphatic heterocycles. The number of nitrogens with one attached hydrogen (secondary N) is 2. The first-order valence-electron chi connectivity index (χ1n) is 9.64. The average molecular weight is 436 g/mol. The fourth-order valence-electron chi connectivity index (χ4n) is 3.98. The Morgan fingerprint density at radius 2 is 1.93 bits per heavy atom. The molecule has 2 fully saturated rings. The van der Waals surface area contributed by atoms with Crippen molar-refractivity contribution in [3.63, 3.8) is 0 Å². The topological polar surface area (TPSA) is 78.5 Å². The molecule has 2 N–H and O–H groups in total. The highest BCUT2D eigenvalue weighted by Gasteiger charge is 2.52. The second kappa shape index (κ2) is 8.42. The quantitative estimate of drug-likeness (QED) is 0.641. The van der Waals surface area contributed by atoms with Gasteiger partial charge in [0.1, 0.15) is 5.54 Å². The smallest absolute Gasteiger partial charge is 0.325 e. The molecular formula is C20H26BrN3O3. The van der Waals surface area contributed by atoms with Crippen LogP contribution in [0, 0.1) is 0 Å². The first kappa shape index (κ1) is 19.9. The summed E-state index contributed by atoms with van der Waals surface area (Å²) in [5, 5.41) is 5.91. The Labute approximate surface area is 168 Å². The number of benzene rings is 1. The van der Waals surface area contributed by atoms with E-state index < -0.39 is 5.54 Å². The van der Waals surface area contributed by atoms with E-state index in [-0.39, 0.29) is 36.9 Å². The van der Waals surface area contributed by atoms with Crippen molar-refractivity contribution in [2.24, 2.45) is 0 Å². The number of urea groups is 1. The minimum atomic E-state index is -0.672. The van der Waals surface area contributed by atoms with Crippen LogP contribution in [-0.2, 0) is 9.59 Å². The zero-order valence-electron chi connectivity index (χ0n) is 15.6. The summed E-state index contributed by atoms with van der Waals surface area (Å²) < 4.78 is 1.00. The van der Waals surface area contributed by atoms with Crippen molar-refractivity contribution >= 4 is 33.8 Å². The van der Waals surface area contributed by atoms with Gasteiger partial charge in [-0.2, -0.15) is 0 Å². The van der Waals surface area contributed by atoms with E-state index in [0.717, 1.165) is 42.1 Å². The van der Waals surface area contributed by atoms with E-state index in [9.17, 15) is 14.4 Å². The fourth-order valence-corrected chi connectivity index (χ4v) is 4.24. The van der Waals surface area contributed by atoms with E-state index in [0.29, 0.717) is 6.42 Å². The van der Waals surface area contributed by atoms with Crippen LogP contribution in [0.15, 0.2) is 28.7 Å². The second-order valence-corrected chi connectivity index (χ2v) is 8.28. The minimum Gasteiger partial charge on any atom is -0.349 e. The van der Waals surface area contributed by atoms with Crippen molar-refractivity contribution in [1.29, 1.82) is 0 Å². The molecule has 0 aromatic heterocycles. The first-order chi connectivity index (χ1) is 12.9. The molecule has 1 saturated carbocycles. The lowest BCUT2D eigenvalue weighted by Crippen LogP contribution is -2.44. The van der Waals surface area contributed by atoms with Gasteiger partial charge in [0.25, 0.3) is 5.91 Å². The molecule has 146 valence electrons. The Kier molecular flexibility index (Phi) is 6.19. The monoisotopic (exact) mass is 435 g/mol. The maximum Gasteiger partial charge on any atom is 0.325 e. The van der Waals surface area contributed by atoms with E-state index in [2.05, 4.69) is 26.6 Å². The molecule has 1 unspecified atom stereocenters. The molecule has 3 rings (SSSR count). The van der Waals surface area contributed by atoms with Gasteiger partial charge in [-0.3, -0.25) is 14.5 Å². The lowest BCUT2D eigenvalue weighted by atomic mass is 9.98. The normalized spacial score (nSPS) is 19.4. The summed E-state index contributed by atoms with van der Waals surface area (Å²) in [7, 11) is 0. The van der Waals surface area contributed by atoms with Crippen LogP contribution in [0.5, 0.6) is 0 Å². The molecule has 0 bridgehead atoms. The van der Waals surface area contributed by atoms with Gasteiger partial charge in [-0.25, -0.2) is 4.79 Å². The van der Waals surface area contributed by atoms with Crippen LogP contribution in [0.1, 0.15) is 63.5 Å². The van der Waals surface area contributed by atoms with Crippen LogP contribution in [0.2, 0.25) is 0 Å². The largest absolute Gasteiger partial charge is 0.349 e. The van der Waals surface area contributed by atoms with E-state index in [4.69, 9.17) is 0 Å². The number of hydrogen-bond donors (Lipinski definition) is 2. The van der Waals surface area contributed by atoms with E-state index in [1.165, 1.54) is 4.90 Å². The van der Waals surface area contributed by atoms with Gasteiger partial charge in [0.05, 0.1) is 6.04 Å². The van der Waals surface area contributed by atoms with Crippen molar-refractivity contribution in [2.45, 2.75) is 63.5 Å². The number of carbonyl (C=O) groups excluding carboxylic acids is 3. The lowest BCUT2D eigenvalue weighted by Gasteiger charge is -2.20. The molecule has 1 heterocycles. The van der Waals surface area contributed by atoms with Crippen LogP contribution in [0.4, 0.5) is 4.79 Å². The molecule has 0 radical (unpaired) electrons. The fraction of sp³-hybridized carbons (Fsp3) is 0.550. The highest BCUT2D eigenvalue weighted by Crippen LogP contribution is 2.35. The highest BCUT2D eigenvalue weighted by molar-refractivity contribution is 9.10. The summed E-state index contributed by atoms with van der Waals surface area (Å²) in [4.78, 5) is 38.3. The van der Waals surface area contributed by atoms with Gasteiger partial charge < -0.3 is 10.6 Å². The maximum absolute atomic E-state index is 12.6. The molecule has 1 aliphatic carbocycles. The molecule has 4 amide bonds. The summed E-state index contributed by atoms with van der Waals surface area (Å²) in [5.41, 5.74) is 0.389. The third kappa shape index (κ3) is 4.34. The third-order valence-corrected chi connectivity index (χ3v) is 6.03. The summed E-state index contributed by atoms with van der Waals surface area (Å²) in [6, 6.07) is 7.55. The number of amides is 4. The molecule has 1 atom stereocenters. The maximum atomic E-state index is 12.6. The molecule has 6 nitrogen and oxygen atoms in total. The Bertz CT molecular complexity index is 714. The molecule has 1 aromatic carbocycles. The third-order valence-electron chi connectivity index (χ3n) is 5.50. The van der Waals surface area contributed by atoms with Gasteiger partial charge in [0.15, 0.2) is 0 Å². The van der Waals surface area contributed by atoms with Crippen molar-refractivity contribution < 1.29 is 14.4 Å². The van der Waals surface area contributed by atoms with Gasteiger partial charge in [0, 0.05) is 17.4 Å². The predicted octanol–water partition coefficient (Wildman–Crippen LogP) is 3.66. The molecule has 7 heteroatoms. The first-order valence-corrected chi connectivity index (χ1v) is 10.4. The lowest BCUT2D eigenvalue weighted by molar-refractivity contribution is -0.131. The van der Waals surface area contributed by atoms with Crippen LogP contribution in [-0.4, -0.2) is 34.8 Å². The predicted molar refractivity (Wildman–Crippen MR) is 106 cm³/mol. The van der Waals surface area contributed by atoms with Crippen molar-refractivity contribution in [1.82, 2.24) is 15.5 Å². The summed E-state index contributed by atoms with van der Waals surface area (Å²) >= 11 is 3.41. The second-order valence-electron chi connectivity index (χ2n) is 7.36. The number of halogens is 1. The van der Waals surface area contributed by atoms with Crippen LogP contribution in [0.3, 0.4) is 0 Å². The van der Waals surface area contributed by atoms with Gasteiger partial charge in [0.2, 0.25) is 5.91 Å². The molecule has 1 aromatic rings. The molecule has 1 saturated heterocycles. The SMILES string of the molecule is CCC(NC(=O)CCCN1C(=O)NC2(CCCC2)C1=O)c1ccc(Br)cc1. The zero-order valence-corrected chi connectivity index (χ0v) is 17.2. The van der Waals surface area contributed by atoms with Crippen LogP contribution < -0.4 is 10.6 Å². The Morgan fingerprint density at radius 3 is 2.56 bits per heavy atom. The molecule has 27 heavy (non-hydrogen) atoms. The number of rotatable bonds is 7. The molecular weight excluding hydrogens is 410 g/mol. The van der Waals surface area contributed by atoms with Crippen molar-refractivity contribution in [3.8, 4) is 0 Å². The van der Waals surface area contributed by atoms with E-state index in [1.54, 1.807) is 0 Å². The number of carbonyl (C=O) groups is 3. The van der Waals surface area contributed by atoms with Gasteiger partial charge in [-0.1, -0.05) is 47.8 Å². The Balaban J connectivity index is 1.48. The Morgan fingerprint density at radius 1 is 1.26 bits per heavy atom. The molecule has 1 spiro atoms. The van der Waals surface area contributed by atoms with E-state index in [1.807, 2.05) is 31.2 Å². The Hall–Kier alpha value is -1.89. The van der Waals surface area contributed by atoms with Gasteiger partial charge in [-0.05, 0) is 43.4 Å². The number of hydrogen-bond acceptors (Lipinski definition) is 3. The summed E-state index contributed by atoms with van der Waals surface area (Å²) in [5.74, 6) is -0.181. The summed E-state index contributed by atoms with van der Waals surface area (Å²) in [6.45, 7) is 2.32. The zero-order chi connectivity index (χ0) is 19.4. The van der Waals surface area contributed by atoms with Crippen LogP contribution >= 0.6 is 15.9 Å². The highest BCUT2D eigenvalue weighted by atomic mass is 79.9. The van der Waals surface area contributed by atoms with E-state index >= 15 is 0 Å². The number of imide groups is 1. The standard InChI is InChI=1S/C20H26BrN3O3/c1-2-16(14-7-9-15(21)10-8-14)22-17(25)6-5-13-24-18(26)20(23-19(24)27)11-3-4-12-20/h7-10,16H,2-6,11-13H2,1H3,(H,22,25)(H,23,27). The van der Waals surface area contributed by atoms with Crippen molar-refractivity contribution in [2.75, 3.05) is 6.54 Å². The molecule has 2 aliphatic rings. The van der Waals surface area contributed by atoms with Crippen molar-refractivity contribution in [3.05, 3.63) is 34.3 Å². The minimum absolute atomic E-state index is 0.0379. The van der Waals surface area contributed by atoms with Gasteiger partial charge >= 0.3 is 6.03 Å². The average Bonchev–Trinajstić information content (AvgIpc) is 3.21. The van der Waals surface area contributed by atoms with Crippen LogP contribution in [0.25, 0.3) is 0 Å². The van der Waals surface area contributed by atoms with Gasteiger partial charge in [-0.15, -0.1) is 0 Å².